The maximum absolute atomic E-state index is 12.8. The fourth-order valence-electron chi connectivity index (χ4n) is 3.17. The smallest absolute Gasteiger partial charge is 0.318 e. The highest BCUT2D eigenvalue weighted by Crippen LogP contribution is 2.26. The van der Waals surface area contributed by atoms with Gasteiger partial charge in [0.2, 0.25) is 5.95 Å². The number of amides is 2. The van der Waals surface area contributed by atoms with Crippen LogP contribution in [0.25, 0.3) is 0 Å². The Bertz CT molecular complexity index is 1110. The van der Waals surface area contributed by atoms with Gasteiger partial charge >= 0.3 is 6.03 Å². The molecule has 1 aliphatic rings. The largest absolute Gasteiger partial charge is 0.331 e. The van der Waals surface area contributed by atoms with Gasteiger partial charge in [-0.1, -0.05) is 40.9 Å². The molecule has 3 aromatic rings. The summed E-state index contributed by atoms with van der Waals surface area (Å²) in [6.45, 7) is 2.84. The summed E-state index contributed by atoms with van der Waals surface area (Å²) in [7, 11) is 0. The lowest BCUT2D eigenvalue weighted by atomic mass is 10.1. The number of halogens is 3. The Hall–Kier alpha value is -2.68. The molecule has 31 heavy (non-hydrogen) atoms. The third kappa shape index (κ3) is 5.15. The van der Waals surface area contributed by atoms with Crippen molar-refractivity contribution in [3.8, 4) is 0 Å². The van der Waals surface area contributed by atoms with Crippen LogP contribution in [-0.4, -0.2) is 37.4 Å². The molecule has 160 valence electrons. The number of carbonyl (C=O) groups excluding carboxylic acids is 1. The number of aromatic nitrogens is 4. The zero-order chi connectivity index (χ0) is 22.0. The molecule has 0 spiro atoms. The fraction of sp³-hybridized carbons (Fsp3) is 0.250. The molecule has 1 aliphatic heterocycles. The van der Waals surface area contributed by atoms with Crippen LogP contribution >= 0.6 is 34.8 Å². The van der Waals surface area contributed by atoms with Gasteiger partial charge in [-0.15, -0.1) is 0 Å². The molecular formula is C20H18Cl3N7O. The van der Waals surface area contributed by atoms with Crippen LogP contribution in [-0.2, 0) is 13.0 Å². The van der Waals surface area contributed by atoms with Crippen LogP contribution < -0.4 is 10.6 Å². The Morgan fingerprint density at radius 2 is 1.94 bits per heavy atom. The van der Waals surface area contributed by atoms with E-state index in [0.29, 0.717) is 46.5 Å². The molecule has 1 atom stereocenters. The molecule has 2 amide bonds. The molecule has 0 saturated carbocycles. The highest BCUT2D eigenvalue weighted by Gasteiger charge is 2.24. The van der Waals surface area contributed by atoms with Crippen molar-refractivity contribution < 1.29 is 4.79 Å². The molecule has 8 nitrogen and oxygen atoms in total. The highest BCUT2D eigenvalue weighted by atomic mass is 35.5. The Labute approximate surface area is 194 Å². The van der Waals surface area contributed by atoms with Gasteiger partial charge in [0.05, 0.1) is 40.7 Å². The summed E-state index contributed by atoms with van der Waals surface area (Å²) in [5.74, 6) is 0.854. The van der Waals surface area contributed by atoms with Crippen molar-refractivity contribution in [3.63, 3.8) is 0 Å². The number of benzene rings is 1. The number of anilines is 2. The maximum Gasteiger partial charge on any atom is 0.318 e. The van der Waals surface area contributed by atoms with Gasteiger partial charge in [-0.2, -0.15) is 0 Å². The number of fused-ring (bicyclic) bond motifs is 1. The number of rotatable bonds is 4. The van der Waals surface area contributed by atoms with Crippen molar-refractivity contribution in [2.45, 2.75) is 25.9 Å². The quantitative estimate of drug-likeness (QED) is 0.559. The van der Waals surface area contributed by atoms with E-state index in [4.69, 9.17) is 34.8 Å². The van der Waals surface area contributed by atoms with E-state index >= 15 is 0 Å². The molecule has 0 aliphatic carbocycles. The van der Waals surface area contributed by atoms with Gasteiger partial charge < -0.3 is 15.5 Å². The number of urea groups is 1. The normalized spacial score (nSPS) is 14.0. The van der Waals surface area contributed by atoms with E-state index in [1.54, 1.807) is 23.2 Å². The molecule has 0 saturated heterocycles. The third-order valence-electron chi connectivity index (χ3n) is 4.88. The maximum atomic E-state index is 12.8. The minimum absolute atomic E-state index is 0.180. The molecule has 2 aromatic heterocycles. The monoisotopic (exact) mass is 477 g/mol. The van der Waals surface area contributed by atoms with Crippen LogP contribution in [0.3, 0.4) is 0 Å². The highest BCUT2D eigenvalue weighted by molar-refractivity contribution is 6.42. The van der Waals surface area contributed by atoms with Gasteiger partial charge in [0.15, 0.2) is 5.82 Å². The van der Waals surface area contributed by atoms with Crippen molar-refractivity contribution in [2.75, 3.05) is 11.9 Å². The average molecular weight is 479 g/mol. The molecule has 1 aromatic carbocycles. The number of nitrogens with zero attached hydrogens (tertiary/aromatic N) is 5. The molecular weight excluding hydrogens is 461 g/mol. The first-order valence-electron chi connectivity index (χ1n) is 9.49. The zero-order valence-electron chi connectivity index (χ0n) is 16.4. The van der Waals surface area contributed by atoms with Gasteiger partial charge in [0.25, 0.3) is 0 Å². The predicted molar refractivity (Wildman–Crippen MR) is 120 cm³/mol. The number of carbonyl (C=O) groups is 1. The summed E-state index contributed by atoms with van der Waals surface area (Å²) in [5, 5.41) is 7.22. The van der Waals surface area contributed by atoms with Crippen LogP contribution in [0, 0.1) is 0 Å². The number of nitrogens with one attached hydrogen (secondary N) is 2. The topological polar surface area (TPSA) is 95.9 Å². The van der Waals surface area contributed by atoms with Crippen molar-refractivity contribution in [1.29, 1.82) is 0 Å². The van der Waals surface area contributed by atoms with E-state index in [9.17, 15) is 4.79 Å². The van der Waals surface area contributed by atoms with Crippen LogP contribution in [0.5, 0.6) is 0 Å². The van der Waals surface area contributed by atoms with Gasteiger partial charge in [-0.05, 0) is 36.6 Å². The Kier molecular flexibility index (Phi) is 6.41. The molecule has 0 bridgehead atoms. The van der Waals surface area contributed by atoms with Gasteiger partial charge in [-0.25, -0.2) is 24.7 Å². The van der Waals surface area contributed by atoms with Crippen LogP contribution in [0.15, 0.2) is 36.8 Å². The first-order chi connectivity index (χ1) is 14.9. The van der Waals surface area contributed by atoms with Gasteiger partial charge in [0, 0.05) is 12.7 Å². The molecule has 0 radical (unpaired) electrons. The van der Waals surface area contributed by atoms with Gasteiger partial charge in [-0.3, -0.25) is 0 Å². The Morgan fingerprint density at radius 1 is 1.10 bits per heavy atom. The Morgan fingerprint density at radius 3 is 2.68 bits per heavy atom. The predicted octanol–water partition coefficient (Wildman–Crippen LogP) is 4.80. The summed E-state index contributed by atoms with van der Waals surface area (Å²) in [5.41, 5.74) is 2.66. The minimum atomic E-state index is -0.227. The summed E-state index contributed by atoms with van der Waals surface area (Å²) in [6.07, 6.45) is 5.37. The van der Waals surface area contributed by atoms with Gasteiger partial charge in [0.1, 0.15) is 5.15 Å². The molecule has 11 heteroatoms. The summed E-state index contributed by atoms with van der Waals surface area (Å²) in [4.78, 5) is 31.5. The molecule has 2 N–H and O–H groups in total. The van der Waals surface area contributed by atoms with E-state index < -0.39 is 0 Å². The second-order valence-electron chi connectivity index (χ2n) is 7.03. The molecule has 0 fully saturated rings. The lowest BCUT2D eigenvalue weighted by Crippen LogP contribution is -2.43. The first kappa shape index (κ1) is 21.5. The number of hydrogen-bond donors (Lipinski definition) is 2. The average Bonchev–Trinajstić information content (AvgIpc) is 2.76. The SMILES string of the molecule is C[C@@H](NC(=O)N1CCc2cnc(Nc3cnc(Cl)cn3)nc2C1)c1ccc(Cl)c(Cl)c1. The van der Waals surface area contributed by atoms with E-state index in [0.717, 1.165) is 16.8 Å². The second-order valence-corrected chi connectivity index (χ2v) is 8.23. The Balaban J connectivity index is 1.42. The van der Waals surface area contributed by atoms with Crippen LogP contribution in [0.1, 0.15) is 29.8 Å². The van der Waals surface area contributed by atoms with E-state index in [-0.39, 0.29) is 12.1 Å². The molecule has 3 heterocycles. The third-order valence-corrected chi connectivity index (χ3v) is 5.81. The van der Waals surface area contributed by atoms with E-state index in [1.807, 2.05) is 13.0 Å². The van der Waals surface area contributed by atoms with Crippen molar-refractivity contribution in [3.05, 3.63) is 68.8 Å². The van der Waals surface area contributed by atoms with E-state index in [2.05, 4.69) is 30.6 Å². The standard InChI is InChI=1S/C20H18Cl3N7O/c1-11(12-2-3-14(21)15(22)6-12)27-20(31)30-5-4-13-7-26-19(28-16(13)10-30)29-18-9-24-17(23)8-25-18/h2-3,6-9,11H,4-5,10H2,1H3,(H,27,31)(H,25,26,28,29)/t11-/m1/s1. The molecule has 4 rings (SSSR count). The van der Waals surface area contributed by atoms with Crippen molar-refractivity contribution in [2.24, 2.45) is 0 Å². The number of hydrogen-bond acceptors (Lipinski definition) is 6. The summed E-state index contributed by atoms with van der Waals surface area (Å²) in [6, 6.07) is 4.91. The molecule has 0 unspecified atom stereocenters. The zero-order valence-corrected chi connectivity index (χ0v) is 18.7. The van der Waals surface area contributed by atoms with E-state index in [1.165, 1.54) is 12.4 Å². The van der Waals surface area contributed by atoms with Crippen LogP contribution in [0.4, 0.5) is 16.6 Å². The summed E-state index contributed by atoms with van der Waals surface area (Å²) < 4.78 is 0. The fourth-order valence-corrected chi connectivity index (χ4v) is 3.57. The van der Waals surface area contributed by atoms with Crippen LogP contribution in [0.2, 0.25) is 15.2 Å². The summed E-state index contributed by atoms with van der Waals surface area (Å²) >= 11 is 17.8. The lowest BCUT2D eigenvalue weighted by Gasteiger charge is -2.29. The first-order valence-corrected chi connectivity index (χ1v) is 10.6. The van der Waals surface area contributed by atoms with Crippen molar-refractivity contribution >= 4 is 52.6 Å². The lowest BCUT2D eigenvalue weighted by molar-refractivity contribution is 0.188. The minimum Gasteiger partial charge on any atom is -0.331 e. The van der Waals surface area contributed by atoms with Crippen molar-refractivity contribution in [1.82, 2.24) is 30.2 Å². The second kappa shape index (κ2) is 9.21.